The minimum absolute atomic E-state index is 0.245. The first-order chi connectivity index (χ1) is 16.6. The maximum Gasteiger partial charge on any atom is 0.138 e. The van der Waals surface area contributed by atoms with E-state index in [9.17, 15) is 5.11 Å². The molecule has 5 heteroatoms. The standard InChI is InChI=1S/C29H34N4O/c1-5-9-20-10-12-23(13-11-20)28-29(24-14-16-30-26(8-4)31-24)33-17-15-21(19-27(33)32-28)18-22(6-2)25(34)7-3/h5,9-17,19,22,25,34H,6-8,18H2,1-4H3/b9-5+. The van der Waals surface area contributed by atoms with Crippen LogP contribution in [0.3, 0.4) is 0 Å². The third-order valence-electron chi connectivity index (χ3n) is 6.48. The van der Waals surface area contributed by atoms with Gasteiger partial charge in [-0.05, 0) is 55.0 Å². The number of allylic oxidation sites excluding steroid dienone is 1. The van der Waals surface area contributed by atoms with Crippen LogP contribution in [0.25, 0.3) is 34.4 Å². The first kappa shape index (κ1) is 23.8. The number of rotatable bonds is 9. The van der Waals surface area contributed by atoms with Gasteiger partial charge < -0.3 is 5.11 Å². The first-order valence-electron chi connectivity index (χ1n) is 12.3. The normalized spacial score (nSPS) is 13.6. The Balaban J connectivity index is 1.84. The number of aromatic nitrogens is 4. The van der Waals surface area contributed by atoms with Crippen molar-refractivity contribution in [1.82, 2.24) is 19.4 Å². The second kappa shape index (κ2) is 10.7. The highest BCUT2D eigenvalue weighted by Gasteiger charge is 2.20. The molecule has 2 atom stereocenters. The van der Waals surface area contributed by atoms with Crippen LogP contribution in [-0.4, -0.2) is 30.6 Å². The number of pyridine rings is 1. The van der Waals surface area contributed by atoms with Crippen LogP contribution in [0.2, 0.25) is 0 Å². The minimum Gasteiger partial charge on any atom is -0.393 e. The smallest absolute Gasteiger partial charge is 0.138 e. The molecule has 1 aromatic carbocycles. The number of benzene rings is 1. The Labute approximate surface area is 202 Å². The van der Waals surface area contributed by atoms with E-state index in [0.717, 1.165) is 65.4 Å². The van der Waals surface area contributed by atoms with Gasteiger partial charge in [0.25, 0.3) is 0 Å². The summed E-state index contributed by atoms with van der Waals surface area (Å²) >= 11 is 0. The Morgan fingerprint density at radius 1 is 1.00 bits per heavy atom. The lowest BCUT2D eigenvalue weighted by Gasteiger charge is -2.20. The molecule has 2 unspecified atom stereocenters. The van der Waals surface area contributed by atoms with Crippen LogP contribution in [0.5, 0.6) is 0 Å². The number of fused-ring (bicyclic) bond motifs is 1. The van der Waals surface area contributed by atoms with Crippen molar-refractivity contribution >= 4 is 11.7 Å². The topological polar surface area (TPSA) is 63.3 Å². The van der Waals surface area contributed by atoms with Gasteiger partial charge in [0, 0.05) is 24.4 Å². The van der Waals surface area contributed by atoms with E-state index < -0.39 is 0 Å². The lowest BCUT2D eigenvalue weighted by atomic mass is 9.91. The summed E-state index contributed by atoms with van der Waals surface area (Å²) in [7, 11) is 0. The van der Waals surface area contributed by atoms with Gasteiger partial charge in [0.15, 0.2) is 0 Å². The second-order valence-electron chi connectivity index (χ2n) is 8.75. The van der Waals surface area contributed by atoms with Crippen molar-refractivity contribution in [3.8, 4) is 22.6 Å². The molecule has 5 nitrogen and oxygen atoms in total. The van der Waals surface area contributed by atoms with E-state index >= 15 is 0 Å². The van der Waals surface area contributed by atoms with E-state index in [1.165, 1.54) is 5.56 Å². The first-order valence-corrected chi connectivity index (χ1v) is 12.3. The van der Waals surface area contributed by atoms with Gasteiger partial charge in [-0.15, -0.1) is 0 Å². The van der Waals surface area contributed by atoms with E-state index in [2.05, 4.69) is 71.9 Å². The van der Waals surface area contributed by atoms with Crippen LogP contribution in [0.4, 0.5) is 0 Å². The third kappa shape index (κ3) is 4.95. The van der Waals surface area contributed by atoms with Crippen molar-refractivity contribution in [3.63, 3.8) is 0 Å². The zero-order chi connectivity index (χ0) is 24.1. The van der Waals surface area contributed by atoms with Gasteiger partial charge in [-0.25, -0.2) is 15.0 Å². The zero-order valence-corrected chi connectivity index (χ0v) is 20.6. The number of nitrogens with zero attached hydrogens (tertiary/aromatic N) is 4. The summed E-state index contributed by atoms with van der Waals surface area (Å²) in [6.07, 6.45) is 11.1. The highest BCUT2D eigenvalue weighted by Crippen LogP contribution is 2.33. The molecule has 0 fully saturated rings. The fraction of sp³-hybridized carbons (Fsp3) is 0.345. The monoisotopic (exact) mass is 454 g/mol. The SMILES string of the molecule is C/C=C/c1ccc(-c2nc3cc(CC(CC)C(O)CC)ccn3c2-c2ccnc(CC)n2)cc1. The molecule has 0 amide bonds. The molecule has 0 saturated carbocycles. The molecule has 176 valence electrons. The molecule has 0 radical (unpaired) electrons. The summed E-state index contributed by atoms with van der Waals surface area (Å²) in [6.45, 7) is 8.27. The second-order valence-corrected chi connectivity index (χ2v) is 8.75. The number of hydrogen-bond donors (Lipinski definition) is 1. The van der Waals surface area contributed by atoms with Crippen LogP contribution >= 0.6 is 0 Å². The van der Waals surface area contributed by atoms with Crippen molar-refractivity contribution in [2.75, 3.05) is 0 Å². The third-order valence-corrected chi connectivity index (χ3v) is 6.48. The van der Waals surface area contributed by atoms with E-state index in [1.807, 2.05) is 32.2 Å². The van der Waals surface area contributed by atoms with Gasteiger partial charge in [0.2, 0.25) is 0 Å². The van der Waals surface area contributed by atoms with E-state index in [4.69, 9.17) is 9.97 Å². The predicted molar refractivity (Wildman–Crippen MR) is 140 cm³/mol. The van der Waals surface area contributed by atoms with E-state index in [1.54, 1.807) is 0 Å². The summed E-state index contributed by atoms with van der Waals surface area (Å²) in [5.41, 5.74) is 7.04. The molecular formula is C29H34N4O. The Morgan fingerprint density at radius 2 is 1.79 bits per heavy atom. The summed E-state index contributed by atoms with van der Waals surface area (Å²) in [5.74, 6) is 1.06. The maximum absolute atomic E-state index is 10.4. The van der Waals surface area contributed by atoms with Gasteiger partial charge in [-0.2, -0.15) is 0 Å². The van der Waals surface area contributed by atoms with Crippen LogP contribution in [0, 0.1) is 5.92 Å². The largest absolute Gasteiger partial charge is 0.393 e. The zero-order valence-electron chi connectivity index (χ0n) is 20.6. The summed E-state index contributed by atoms with van der Waals surface area (Å²) < 4.78 is 2.12. The van der Waals surface area contributed by atoms with Gasteiger partial charge in [-0.1, -0.05) is 63.6 Å². The van der Waals surface area contributed by atoms with Crippen LogP contribution in [0.1, 0.15) is 57.5 Å². The minimum atomic E-state index is -0.281. The van der Waals surface area contributed by atoms with E-state index in [0.29, 0.717) is 0 Å². The van der Waals surface area contributed by atoms with E-state index in [-0.39, 0.29) is 12.0 Å². The average Bonchev–Trinajstić information content (AvgIpc) is 3.26. The summed E-state index contributed by atoms with van der Waals surface area (Å²) in [6, 6.07) is 14.7. The van der Waals surface area contributed by atoms with Crippen molar-refractivity contribution in [3.05, 3.63) is 77.9 Å². The van der Waals surface area contributed by atoms with Crippen LogP contribution in [0.15, 0.2) is 60.9 Å². The quantitative estimate of drug-likeness (QED) is 0.318. The van der Waals surface area contributed by atoms with Crippen LogP contribution < -0.4 is 0 Å². The average molecular weight is 455 g/mol. The molecular weight excluding hydrogens is 420 g/mol. The van der Waals surface area contributed by atoms with Crippen molar-refractivity contribution < 1.29 is 5.11 Å². The van der Waals surface area contributed by atoms with Crippen molar-refractivity contribution in [1.29, 1.82) is 0 Å². The van der Waals surface area contributed by atoms with Crippen LogP contribution in [-0.2, 0) is 12.8 Å². The fourth-order valence-corrected chi connectivity index (χ4v) is 4.49. The molecule has 3 heterocycles. The molecule has 3 aromatic heterocycles. The number of aliphatic hydroxyl groups excluding tert-OH is 1. The number of aliphatic hydroxyl groups is 1. The Hall–Kier alpha value is -3.31. The molecule has 0 aliphatic rings. The summed E-state index contributed by atoms with van der Waals surface area (Å²) in [5, 5.41) is 10.4. The maximum atomic E-state index is 10.4. The van der Waals surface area contributed by atoms with Gasteiger partial charge in [0.05, 0.1) is 23.2 Å². The fourth-order valence-electron chi connectivity index (χ4n) is 4.49. The van der Waals surface area contributed by atoms with Crippen molar-refractivity contribution in [2.45, 2.75) is 59.5 Å². The van der Waals surface area contributed by atoms with Gasteiger partial charge in [0.1, 0.15) is 11.5 Å². The van der Waals surface area contributed by atoms with Gasteiger partial charge in [-0.3, -0.25) is 4.40 Å². The molecule has 4 rings (SSSR count). The van der Waals surface area contributed by atoms with Gasteiger partial charge >= 0.3 is 0 Å². The van der Waals surface area contributed by atoms with Crippen molar-refractivity contribution in [2.24, 2.45) is 5.92 Å². The molecule has 0 saturated heterocycles. The number of aryl methyl sites for hydroxylation is 1. The molecule has 0 bridgehead atoms. The number of imidazole rings is 1. The molecule has 0 spiro atoms. The molecule has 34 heavy (non-hydrogen) atoms. The Morgan fingerprint density at radius 3 is 2.47 bits per heavy atom. The highest BCUT2D eigenvalue weighted by atomic mass is 16.3. The molecule has 0 aliphatic carbocycles. The Bertz CT molecular complexity index is 1270. The highest BCUT2D eigenvalue weighted by molar-refractivity contribution is 5.81. The lowest BCUT2D eigenvalue weighted by molar-refractivity contribution is 0.101. The molecule has 1 N–H and O–H groups in total. The summed E-state index contributed by atoms with van der Waals surface area (Å²) in [4.78, 5) is 14.3. The Kier molecular flexibility index (Phi) is 7.53. The predicted octanol–water partition coefficient (Wildman–Crippen LogP) is 6.39. The molecule has 0 aliphatic heterocycles. The lowest BCUT2D eigenvalue weighted by Crippen LogP contribution is -2.21. The number of hydrogen-bond acceptors (Lipinski definition) is 4. The molecule has 4 aromatic rings.